The number of amides is 1. The van der Waals surface area contributed by atoms with Gasteiger partial charge in [-0.2, -0.15) is 0 Å². The fourth-order valence-corrected chi connectivity index (χ4v) is 11.9. The highest BCUT2D eigenvalue weighted by Crippen LogP contribution is 2.77. The Hall–Kier alpha value is -1.36. The fraction of sp³-hybridized carbons (Fsp3) is 0.879. The molecule has 1 amide bonds. The van der Waals surface area contributed by atoms with E-state index in [1.54, 1.807) is 6.92 Å². The third-order valence-electron chi connectivity index (χ3n) is 14.2. The van der Waals surface area contributed by atoms with E-state index in [0.717, 1.165) is 44.9 Å². The second kappa shape index (κ2) is 8.82. The molecule has 5 fully saturated rings. The molecule has 38 heavy (non-hydrogen) atoms. The van der Waals surface area contributed by atoms with Gasteiger partial charge in [0, 0.05) is 0 Å². The monoisotopic (exact) mass is 527 g/mol. The van der Waals surface area contributed by atoms with E-state index < -0.39 is 17.4 Å². The van der Waals surface area contributed by atoms with Crippen molar-refractivity contribution in [2.45, 2.75) is 125 Å². The molecule has 0 saturated heterocycles. The average molecular weight is 528 g/mol. The van der Waals surface area contributed by atoms with Gasteiger partial charge in [-0.25, -0.2) is 0 Å². The maximum absolute atomic E-state index is 13.9. The molecular formula is C33H53NO4. The summed E-state index contributed by atoms with van der Waals surface area (Å²) in [7, 11) is 0. The molecule has 0 aliphatic heterocycles. The van der Waals surface area contributed by atoms with Crippen LogP contribution in [0.15, 0.2) is 12.2 Å². The van der Waals surface area contributed by atoms with E-state index in [-0.39, 0.29) is 39.6 Å². The molecular weight excluding hydrogens is 474 g/mol. The predicted molar refractivity (Wildman–Crippen MR) is 150 cm³/mol. The molecule has 5 unspecified atom stereocenters. The van der Waals surface area contributed by atoms with E-state index in [9.17, 15) is 19.8 Å². The highest BCUT2D eigenvalue weighted by atomic mass is 16.4. The number of aliphatic carboxylic acids is 1. The van der Waals surface area contributed by atoms with Crippen molar-refractivity contribution in [3.05, 3.63) is 12.2 Å². The van der Waals surface area contributed by atoms with Crippen molar-refractivity contribution in [1.82, 2.24) is 5.32 Å². The Labute approximate surface area is 230 Å². The first-order valence-corrected chi connectivity index (χ1v) is 15.4. The highest BCUT2D eigenvalue weighted by molar-refractivity contribution is 5.88. The van der Waals surface area contributed by atoms with Crippen LogP contribution >= 0.6 is 0 Å². The summed E-state index contributed by atoms with van der Waals surface area (Å²) in [6, 6.07) is -0.872. The molecule has 5 saturated carbocycles. The first-order valence-electron chi connectivity index (χ1n) is 15.4. The van der Waals surface area contributed by atoms with E-state index in [0.29, 0.717) is 23.7 Å². The summed E-state index contributed by atoms with van der Waals surface area (Å²) in [6.45, 7) is 20.4. The van der Waals surface area contributed by atoms with Crippen LogP contribution in [0.25, 0.3) is 0 Å². The zero-order chi connectivity index (χ0) is 28.1. The van der Waals surface area contributed by atoms with Crippen LogP contribution in [0, 0.1) is 56.7 Å². The molecule has 0 aromatic carbocycles. The van der Waals surface area contributed by atoms with Crippen LogP contribution in [0.2, 0.25) is 0 Å². The molecule has 11 atom stereocenters. The Morgan fingerprint density at radius 1 is 0.868 bits per heavy atom. The highest BCUT2D eigenvalue weighted by Gasteiger charge is 2.71. The standard InChI is InChI=1S/C33H53NO4/c1-19(2)21-11-16-33(28(38)34-20(3)27(36)37)18-17-31(7)22(26(21)33)9-10-24-30(6)14-13-25(35)29(4,5)23(30)12-15-32(24,31)8/h20-26,35H,1,9-18H2,2-8H3,(H,34,38)(H,36,37)/t20-,21?,22?,23?,24?,25+,26?,30+,31-,32-,33+/m1/s1. The van der Waals surface area contributed by atoms with Gasteiger partial charge >= 0.3 is 5.97 Å². The predicted octanol–water partition coefficient (Wildman–Crippen LogP) is 6.59. The van der Waals surface area contributed by atoms with Crippen molar-refractivity contribution in [3.8, 4) is 0 Å². The SMILES string of the molecule is C=C(C)C1CC[C@]2(C(=O)N[C@H](C)C(=O)O)CC[C@]3(C)C(CCC4[C@@]5(C)CC[C@H](O)C(C)(C)C5CC[C@]43C)C12. The number of aliphatic hydroxyl groups excluding tert-OH is 1. The maximum Gasteiger partial charge on any atom is 0.325 e. The van der Waals surface area contributed by atoms with Crippen LogP contribution in [-0.2, 0) is 9.59 Å². The molecule has 0 aromatic heterocycles. The van der Waals surface area contributed by atoms with Gasteiger partial charge in [-0.1, -0.05) is 46.8 Å². The minimum absolute atomic E-state index is 0.0332. The van der Waals surface area contributed by atoms with Crippen LogP contribution in [0.4, 0.5) is 0 Å². The normalized spacial score (nSPS) is 50.0. The second-order valence-corrected chi connectivity index (χ2v) is 15.8. The average Bonchev–Trinajstić information content (AvgIpc) is 3.23. The van der Waals surface area contributed by atoms with E-state index in [2.05, 4.69) is 53.4 Å². The van der Waals surface area contributed by atoms with Crippen molar-refractivity contribution in [1.29, 1.82) is 0 Å². The van der Waals surface area contributed by atoms with Crippen LogP contribution < -0.4 is 5.32 Å². The minimum atomic E-state index is -0.972. The van der Waals surface area contributed by atoms with Crippen molar-refractivity contribution in [2.75, 3.05) is 0 Å². The molecule has 0 spiro atoms. The number of rotatable bonds is 4. The summed E-state index contributed by atoms with van der Waals surface area (Å²) in [5, 5.41) is 23.4. The van der Waals surface area contributed by atoms with Crippen molar-refractivity contribution < 1.29 is 19.8 Å². The number of carbonyl (C=O) groups excluding carboxylic acids is 1. The maximum atomic E-state index is 13.9. The largest absolute Gasteiger partial charge is 0.480 e. The van der Waals surface area contributed by atoms with Gasteiger partial charge in [-0.05, 0) is 129 Å². The number of carbonyl (C=O) groups is 2. The Kier molecular flexibility index (Phi) is 6.54. The lowest BCUT2D eigenvalue weighted by Gasteiger charge is -2.72. The van der Waals surface area contributed by atoms with Gasteiger partial charge in [0.1, 0.15) is 6.04 Å². The summed E-state index contributed by atoms with van der Waals surface area (Å²) in [4.78, 5) is 25.6. The van der Waals surface area contributed by atoms with Crippen LogP contribution in [0.5, 0.6) is 0 Å². The van der Waals surface area contributed by atoms with E-state index in [4.69, 9.17) is 0 Å². The lowest BCUT2D eigenvalue weighted by atomic mass is 9.32. The summed E-state index contributed by atoms with van der Waals surface area (Å²) < 4.78 is 0. The third-order valence-corrected chi connectivity index (χ3v) is 14.2. The summed E-state index contributed by atoms with van der Waals surface area (Å²) in [5.74, 6) is 1.15. The molecule has 5 nitrogen and oxygen atoms in total. The lowest BCUT2D eigenvalue weighted by molar-refractivity contribution is -0.246. The van der Waals surface area contributed by atoms with Crippen molar-refractivity contribution in [3.63, 3.8) is 0 Å². The number of carboxylic acid groups (broad SMARTS) is 1. The van der Waals surface area contributed by atoms with Crippen molar-refractivity contribution >= 4 is 11.9 Å². The molecule has 214 valence electrons. The quantitative estimate of drug-likeness (QED) is 0.360. The first-order chi connectivity index (χ1) is 17.6. The molecule has 5 heteroatoms. The van der Waals surface area contributed by atoms with E-state index in [1.165, 1.54) is 24.8 Å². The van der Waals surface area contributed by atoms with E-state index >= 15 is 0 Å². The first kappa shape index (κ1) is 28.2. The molecule has 0 heterocycles. The number of fused-ring (bicyclic) bond motifs is 7. The minimum Gasteiger partial charge on any atom is -0.480 e. The fourth-order valence-electron chi connectivity index (χ4n) is 11.9. The number of hydrogen-bond donors (Lipinski definition) is 3. The van der Waals surface area contributed by atoms with Gasteiger partial charge in [-0.3, -0.25) is 9.59 Å². The number of hydrogen-bond acceptors (Lipinski definition) is 3. The van der Waals surface area contributed by atoms with Crippen LogP contribution in [0.3, 0.4) is 0 Å². The van der Waals surface area contributed by atoms with Crippen molar-refractivity contribution in [2.24, 2.45) is 56.7 Å². The topological polar surface area (TPSA) is 86.6 Å². The molecule has 5 rings (SSSR count). The van der Waals surface area contributed by atoms with Gasteiger partial charge in [0.05, 0.1) is 11.5 Å². The number of aliphatic hydroxyl groups is 1. The summed E-state index contributed by atoms with van der Waals surface area (Å²) >= 11 is 0. The van der Waals surface area contributed by atoms with Gasteiger partial charge in [-0.15, -0.1) is 0 Å². The van der Waals surface area contributed by atoms with Gasteiger partial charge < -0.3 is 15.5 Å². The lowest BCUT2D eigenvalue weighted by Crippen LogP contribution is -2.67. The zero-order valence-corrected chi connectivity index (χ0v) is 25.0. The van der Waals surface area contributed by atoms with Gasteiger partial charge in [0.25, 0.3) is 0 Å². The Morgan fingerprint density at radius 3 is 2.18 bits per heavy atom. The molecule has 5 aliphatic carbocycles. The van der Waals surface area contributed by atoms with Crippen LogP contribution in [-0.4, -0.2) is 34.2 Å². The molecule has 5 aliphatic rings. The van der Waals surface area contributed by atoms with Gasteiger partial charge in [0.2, 0.25) is 5.91 Å². The van der Waals surface area contributed by atoms with Crippen LogP contribution in [0.1, 0.15) is 113 Å². The second-order valence-electron chi connectivity index (χ2n) is 15.8. The van der Waals surface area contributed by atoms with Gasteiger partial charge in [0.15, 0.2) is 0 Å². The Morgan fingerprint density at radius 2 is 1.55 bits per heavy atom. The number of allylic oxidation sites excluding steroid dienone is 1. The summed E-state index contributed by atoms with van der Waals surface area (Å²) in [5.41, 5.74) is 1.21. The molecule has 0 radical (unpaired) electrons. The smallest absolute Gasteiger partial charge is 0.325 e. The number of carboxylic acids is 1. The molecule has 0 aromatic rings. The summed E-state index contributed by atoms with van der Waals surface area (Å²) in [6.07, 6.45) is 10.2. The Balaban J connectivity index is 1.53. The Bertz CT molecular complexity index is 1020. The molecule has 0 bridgehead atoms. The molecule has 3 N–H and O–H groups in total. The van der Waals surface area contributed by atoms with E-state index in [1.807, 2.05) is 0 Å². The third kappa shape index (κ3) is 3.51. The number of nitrogens with one attached hydrogen (secondary N) is 1. The zero-order valence-electron chi connectivity index (χ0n) is 25.0.